The molecule has 0 saturated carbocycles. The zero-order valence-corrected chi connectivity index (χ0v) is 21.2. The van der Waals surface area contributed by atoms with Crippen LogP contribution in [-0.4, -0.2) is 58.6 Å². The monoisotopic (exact) mass is 499 g/mol. The Morgan fingerprint density at radius 3 is 2.74 bits per heavy atom. The van der Waals surface area contributed by atoms with E-state index in [1.165, 1.54) is 0 Å². The Morgan fingerprint density at radius 1 is 1.15 bits per heavy atom. The molecule has 0 aliphatic carbocycles. The summed E-state index contributed by atoms with van der Waals surface area (Å²) in [6.07, 6.45) is 5.11. The van der Waals surface area contributed by atoms with Crippen molar-refractivity contribution in [2.24, 2.45) is 0 Å². The minimum absolute atomic E-state index is 0.0152. The lowest BCUT2D eigenvalue weighted by molar-refractivity contribution is -0.136. The number of nitrogens with zero attached hydrogens (tertiary/aromatic N) is 4. The molecule has 3 atom stereocenters. The number of halogens is 2. The molecule has 1 N–H and O–H groups in total. The van der Waals surface area contributed by atoms with Crippen LogP contribution in [-0.2, 0) is 4.79 Å². The second kappa shape index (κ2) is 9.76. The third-order valence-corrected chi connectivity index (χ3v) is 7.83. The molecule has 8 heteroatoms. The molecule has 3 heterocycles. The molecule has 6 nitrogen and oxygen atoms in total. The molecule has 1 amide bonds. The number of imidazole rings is 1. The molecule has 2 saturated heterocycles. The summed E-state index contributed by atoms with van der Waals surface area (Å²) < 4.78 is 2.16. The number of hydrogen-bond acceptors (Lipinski definition) is 4. The molecule has 2 aliphatic heterocycles. The maximum Gasteiger partial charge on any atom is 0.240 e. The lowest BCUT2D eigenvalue weighted by Gasteiger charge is -2.42. The minimum atomic E-state index is -0.0189. The molecular weight excluding hydrogens is 469 g/mol. The maximum atomic E-state index is 13.1. The van der Waals surface area contributed by atoms with Gasteiger partial charge in [-0.3, -0.25) is 4.79 Å². The van der Waals surface area contributed by atoms with Gasteiger partial charge in [-0.25, -0.2) is 4.98 Å². The van der Waals surface area contributed by atoms with E-state index in [-0.39, 0.29) is 24.0 Å². The maximum absolute atomic E-state index is 13.1. The van der Waals surface area contributed by atoms with Crippen LogP contribution in [0.4, 0.5) is 5.69 Å². The average molecular weight is 500 g/mol. The molecular formula is C26H31Cl2N5O. The number of carbonyl (C=O) groups is 1. The smallest absolute Gasteiger partial charge is 0.240 e. The van der Waals surface area contributed by atoms with Crippen LogP contribution in [0.15, 0.2) is 42.7 Å². The van der Waals surface area contributed by atoms with Gasteiger partial charge >= 0.3 is 0 Å². The Hall–Kier alpha value is -2.28. The van der Waals surface area contributed by atoms with Gasteiger partial charge in [0.2, 0.25) is 5.91 Å². The minimum Gasteiger partial charge on any atom is -0.368 e. The van der Waals surface area contributed by atoms with Crippen molar-refractivity contribution < 1.29 is 4.79 Å². The van der Waals surface area contributed by atoms with Crippen molar-refractivity contribution in [2.75, 3.05) is 31.1 Å². The van der Waals surface area contributed by atoms with Crippen LogP contribution in [0.1, 0.15) is 44.7 Å². The fraction of sp³-hybridized carbons (Fsp3) is 0.462. The number of amides is 1. The van der Waals surface area contributed by atoms with Crippen molar-refractivity contribution in [2.45, 2.75) is 51.2 Å². The summed E-state index contributed by atoms with van der Waals surface area (Å²) in [5, 5.41) is 4.69. The molecule has 0 radical (unpaired) electrons. The largest absolute Gasteiger partial charge is 0.368 e. The molecule has 0 spiro atoms. The number of carbonyl (C=O) groups excluding carboxylic acids is 1. The second-order valence-electron chi connectivity index (χ2n) is 9.50. The van der Waals surface area contributed by atoms with E-state index in [4.69, 9.17) is 23.2 Å². The van der Waals surface area contributed by atoms with E-state index < -0.39 is 0 Å². The quantitative estimate of drug-likeness (QED) is 0.540. The number of aromatic nitrogens is 2. The standard InChI is InChI=1S/C26H31Cl2N5O/c1-17-15-31(11-12-32(17)26(34)24-5-3-4-10-29-24)20-7-9-23-25(14-20)33(16-30-23)18(2)21-8-6-19(27)13-22(21)28/h6-9,13-14,16-18,24,29H,3-5,10-12,15H2,1-2H3/t17-,18?,24?/m1/s1. The van der Waals surface area contributed by atoms with E-state index in [0.717, 1.165) is 67.7 Å². The third-order valence-electron chi connectivity index (χ3n) is 7.27. The Kier molecular flexibility index (Phi) is 6.74. The van der Waals surface area contributed by atoms with E-state index in [2.05, 4.69) is 56.7 Å². The van der Waals surface area contributed by atoms with Gasteiger partial charge in [0.25, 0.3) is 0 Å². The van der Waals surface area contributed by atoms with Crippen molar-refractivity contribution in [1.29, 1.82) is 0 Å². The van der Waals surface area contributed by atoms with Crippen LogP contribution in [0, 0.1) is 0 Å². The lowest BCUT2D eigenvalue weighted by Crippen LogP contribution is -2.58. The first-order valence-electron chi connectivity index (χ1n) is 12.1. The molecule has 5 rings (SSSR count). The van der Waals surface area contributed by atoms with Crippen molar-refractivity contribution in [3.63, 3.8) is 0 Å². The van der Waals surface area contributed by atoms with Crippen LogP contribution in [0.3, 0.4) is 0 Å². The summed E-state index contributed by atoms with van der Waals surface area (Å²) in [4.78, 5) is 22.1. The average Bonchev–Trinajstić information content (AvgIpc) is 3.27. The first-order chi connectivity index (χ1) is 16.4. The zero-order valence-electron chi connectivity index (χ0n) is 19.7. The summed E-state index contributed by atoms with van der Waals surface area (Å²) in [6.45, 7) is 7.59. The first-order valence-corrected chi connectivity index (χ1v) is 12.9. The van der Waals surface area contributed by atoms with Gasteiger partial charge < -0.3 is 19.7 Å². The molecule has 0 bridgehead atoms. The number of hydrogen-bond donors (Lipinski definition) is 1. The van der Waals surface area contributed by atoms with Crippen molar-refractivity contribution in [3.05, 3.63) is 58.3 Å². The van der Waals surface area contributed by atoms with Gasteiger partial charge in [-0.1, -0.05) is 35.7 Å². The first kappa shape index (κ1) is 23.5. The summed E-state index contributed by atoms with van der Waals surface area (Å²) in [6, 6.07) is 12.2. The van der Waals surface area contributed by atoms with Crippen LogP contribution in [0.25, 0.3) is 11.0 Å². The van der Waals surface area contributed by atoms with Gasteiger partial charge in [0.15, 0.2) is 0 Å². The van der Waals surface area contributed by atoms with Gasteiger partial charge in [0, 0.05) is 41.4 Å². The molecule has 2 aromatic carbocycles. The van der Waals surface area contributed by atoms with E-state index in [1.807, 2.05) is 18.5 Å². The van der Waals surface area contributed by atoms with Crippen molar-refractivity contribution >= 4 is 45.8 Å². The van der Waals surface area contributed by atoms with Crippen LogP contribution >= 0.6 is 23.2 Å². The summed E-state index contributed by atoms with van der Waals surface area (Å²) in [7, 11) is 0. The molecule has 2 aliphatic rings. The van der Waals surface area contributed by atoms with Crippen LogP contribution in [0.5, 0.6) is 0 Å². The number of rotatable bonds is 4. The number of fused-ring (bicyclic) bond motifs is 1. The lowest BCUT2D eigenvalue weighted by atomic mass is 10.0. The third kappa shape index (κ3) is 4.51. The molecule has 1 aromatic heterocycles. The number of piperazine rings is 1. The van der Waals surface area contributed by atoms with Crippen molar-refractivity contribution in [3.8, 4) is 0 Å². The summed E-state index contributed by atoms with van der Waals surface area (Å²) in [5.41, 5.74) is 4.17. The molecule has 2 unspecified atom stereocenters. The molecule has 180 valence electrons. The Morgan fingerprint density at radius 2 is 2.00 bits per heavy atom. The van der Waals surface area contributed by atoms with Gasteiger partial charge in [-0.15, -0.1) is 0 Å². The SMILES string of the molecule is CC(c1ccc(Cl)cc1Cl)n1cnc2ccc(N3CCN(C(=O)C4CCCCN4)[C@H](C)C3)cc21. The summed E-state index contributed by atoms with van der Waals surface area (Å²) in [5.74, 6) is 0.258. The highest BCUT2D eigenvalue weighted by atomic mass is 35.5. The highest BCUT2D eigenvalue weighted by Gasteiger charge is 2.32. The highest BCUT2D eigenvalue weighted by Crippen LogP contribution is 2.32. The number of benzene rings is 2. The van der Waals surface area contributed by atoms with Gasteiger partial charge in [-0.05, 0) is 69.1 Å². The van der Waals surface area contributed by atoms with Gasteiger partial charge in [-0.2, -0.15) is 0 Å². The van der Waals surface area contributed by atoms with E-state index in [1.54, 1.807) is 6.07 Å². The normalized spacial score (nSPS) is 22.2. The predicted molar refractivity (Wildman–Crippen MR) is 139 cm³/mol. The molecule has 2 fully saturated rings. The Bertz CT molecular complexity index is 1190. The fourth-order valence-corrected chi connectivity index (χ4v) is 5.86. The van der Waals surface area contributed by atoms with Crippen LogP contribution < -0.4 is 10.2 Å². The van der Waals surface area contributed by atoms with Gasteiger partial charge in [0.05, 0.1) is 29.4 Å². The second-order valence-corrected chi connectivity index (χ2v) is 10.3. The van der Waals surface area contributed by atoms with Crippen molar-refractivity contribution in [1.82, 2.24) is 19.8 Å². The fourth-order valence-electron chi connectivity index (χ4n) is 5.29. The highest BCUT2D eigenvalue weighted by molar-refractivity contribution is 6.35. The van der Waals surface area contributed by atoms with E-state index >= 15 is 0 Å². The number of piperidine rings is 1. The molecule has 3 aromatic rings. The number of nitrogens with one attached hydrogen (secondary N) is 1. The molecule has 34 heavy (non-hydrogen) atoms. The van der Waals surface area contributed by atoms with Gasteiger partial charge in [0.1, 0.15) is 0 Å². The Labute approximate surface area is 210 Å². The topological polar surface area (TPSA) is 53.4 Å². The summed E-state index contributed by atoms with van der Waals surface area (Å²) >= 11 is 12.6. The predicted octanol–water partition coefficient (Wildman–Crippen LogP) is 5.13. The Balaban J connectivity index is 1.35. The number of anilines is 1. The van der Waals surface area contributed by atoms with E-state index in [0.29, 0.717) is 10.0 Å². The van der Waals surface area contributed by atoms with E-state index in [9.17, 15) is 4.79 Å². The van der Waals surface area contributed by atoms with Crippen LogP contribution in [0.2, 0.25) is 10.0 Å². The zero-order chi connectivity index (χ0) is 23.8.